The van der Waals surface area contributed by atoms with E-state index in [2.05, 4.69) is 50.2 Å². The Balaban J connectivity index is 2.42. The molecule has 1 rings (SSSR count). The summed E-state index contributed by atoms with van der Waals surface area (Å²) in [5.41, 5.74) is 0. The zero-order chi connectivity index (χ0) is 17.1. The molecule has 0 aromatic rings. The number of guanidine groups is 1. The normalized spacial score (nSPS) is 21.0. The van der Waals surface area contributed by atoms with Gasteiger partial charge in [0.15, 0.2) is 5.96 Å². The van der Waals surface area contributed by atoms with Crippen molar-refractivity contribution in [2.45, 2.75) is 66.0 Å². The average Bonchev–Trinajstić information content (AvgIpc) is 2.99. The summed E-state index contributed by atoms with van der Waals surface area (Å²) >= 11 is 0. The summed E-state index contributed by atoms with van der Waals surface area (Å²) in [5, 5.41) is 6.82. The van der Waals surface area contributed by atoms with E-state index >= 15 is 0 Å². The number of likely N-dealkylation sites (tertiary alicyclic amines) is 1. The number of nitrogens with zero attached hydrogens (tertiary/aromatic N) is 2. The van der Waals surface area contributed by atoms with Crippen LogP contribution >= 0.6 is 0 Å². The van der Waals surface area contributed by atoms with Crippen LogP contribution in [0.1, 0.15) is 53.9 Å². The van der Waals surface area contributed by atoms with Crippen LogP contribution in [0.3, 0.4) is 0 Å². The molecule has 1 aliphatic heterocycles. The smallest absolute Gasteiger partial charge is 0.191 e. The Morgan fingerprint density at radius 3 is 2.65 bits per heavy atom. The summed E-state index contributed by atoms with van der Waals surface area (Å²) in [5.74, 6) is 1.49. The first-order valence-electron chi connectivity index (χ1n) is 9.50. The molecule has 5 nitrogen and oxygen atoms in total. The number of ether oxygens (including phenoxy) is 1. The van der Waals surface area contributed by atoms with Crippen LogP contribution in [0.4, 0.5) is 0 Å². The number of hydrogen-bond acceptors (Lipinski definition) is 3. The molecule has 5 heteroatoms. The van der Waals surface area contributed by atoms with Gasteiger partial charge in [0, 0.05) is 25.7 Å². The Labute approximate surface area is 143 Å². The minimum Gasteiger partial charge on any atom is -0.378 e. The molecule has 0 radical (unpaired) electrons. The molecular weight excluding hydrogens is 288 g/mol. The van der Waals surface area contributed by atoms with Gasteiger partial charge in [-0.1, -0.05) is 20.8 Å². The lowest BCUT2D eigenvalue weighted by Gasteiger charge is -2.23. The van der Waals surface area contributed by atoms with Gasteiger partial charge in [-0.15, -0.1) is 0 Å². The van der Waals surface area contributed by atoms with Crippen molar-refractivity contribution in [1.82, 2.24) is 15.5 Å². The van der Waals surface area contributed by atoms with Crippen LogP contribution in [0.15, 0.2) is 4.99 Å². The highest BCUT2D eigenvalue weighted by atomic mass is 16.5. The van der Waals surface area contributed by atoms with Crippen molar-refractivity contribution in [3.8, 4) is 0 Å². The van der Waals surface area contributed by atoms with Crippen LogP contribution in [0.2, 0.25) is 0 Å². The Bertz CT molecular complexity index is 333. The summed E-state index contributed by atoms with van der Waals surface area (Å²) in [4.78, 5) is 7.33. The van der Waals surface area contributed by atoms with Gasteiger partial charge in [-0.05, 0) is 52.1 Å². The van der Waals surface area contributed by atoms with Gasteiger partial charge >= 0.3 is 0 Å². The van der Waals surface area contributed by atoms with Gasteiger partial charge in [-0.3, -0.25) is 9.89 Å². The molecular formula is C18H38N4O. The second-order valence-electron chi connectivity index (χ2n) is 6.60. The molecule has 136 valence electrons. The van der Waals surface area contributed by atoms with E-state index in [1.165, 1.54) is 19.4 Å². The molecule has 0 aliphatic carbocycles. The van der Waals surface area contributed by atoms with Crippen molar-refractivity contribution in [3.05, 3.63) is 0 Å². The zero-order valence-corrected chi connectivity index (χ0v) is 15.9. The molecule has 1 aliphatic rings. The molecule has 23 heavy (non-hydrogen) atoms. The minimum absolute atomic E-state index is 0.320. The van der Waals surface area contributed by atoms with Gasteiger partial charge in [0.25, 0.3) is 0 Å². The predicted molar refractivity (Wildman–Crippen MR) is 99.1 cm³/mol. The van der Waals surface area contributed by atoms with Crippen LogP contribution < -0.4 is 10.6 Å². The van der Waals surface area contributed by atoms with Crippen molar-refractivity contribution in [2.75, 3.05) is 39.3 Å². The lowest BCUT2D eigenvalue weighted by atomic mass is 10.0. The fraction of sp³-hybridized carbons (Fsp3) is 0.944. The van der Waals surface area contributed by atoms with Crippen LogP contribution in [0.25, 0.3) is 0 Å². The summed E-state index contributed by atoms with van der Waals surface area (Å²) in [6.45, 7) is 16.7. The molecule has 1 heterocycles. The number of rotatable bonds is 10. The summed E-state index contributed by atoms with van der Waals surface area (Å²) in [6, 6.07) is 0.613. The second-order valence-corrected chi connectivity index (χ2v) is 6.60. The van der Waals surface area contributed by atoms with E-state index in [1.54, 1.807) is 0 Å². The van der Waals surface area contributed by atoms with Crippen molar-refractivity contribution < 1.29 is 4.74 Å². The molecule has 0 saturated carbocycles. The van der Waals surface area contributed by atoms with E-state index in [9.17, 15) is 0 Å². The summed E-state index contributed by atoms with van der Waals surface area (Å²) < 4.78 is 5.81. The van der Waals surface area contributed by atoms with E-state index in [4.69, 9.17) is 9.73 Å². The standard InChI is InChI=1S/C18H38N4O/c1-6-19-18(20-12-11-17(15(4)5)23-8-3)21-14-16-10-9-13-22(16)7-2/h15-17H,6-14H2,1-5H3,(H2,19,20,21). The van der Waals surface area contributed by atoms with E-state index in [-0.39, 0.29) is 0 Å². The maximum Gasteiger partial charge on any atom is 0.191 e. The first-order chi connectivity index (χ1) is 11.1. The van der Waals surface area contributed by atoms with Crippen molar-refractivity contribution in [2.24, 2.45) is 10.9 Å². The summed E-state index contributed by atoms with van der Waals surface area (Å²) in [6.07, 6.45) is 3.92. The zero-order valence-electron chi connectivity index (χ0n) is 15.9. The monoisotopic (exact) mass is 326 g/mol. The SMILES string of the molecule is CCNC(=NCC1CCCN1CC)NCCC(OCC)C(C)C. The molecule has 1 saturated heterocycles. The Kier molecular flexibility index (Phi) is 10.3. The highest BCUT2D eigenvalue weighted by molar-refractivity contribution is 5.79. The van der Waals surface area contributed by atoms with Crippen LogP contribution in [0, 0.1) is 5.92 Å². The van der Waals surface area contributed by atoms with Gasteiger partial charge < -0.3 is 15.4 Å². The molecule has 2 unspecified atom stereocenters. The largest absolute Gasteiger partial charge is 0.378 e. The average molecular weight is 327 g/mol. The predicted octanol–water partition coefficient (Wildman–Crippen LogP) is 2.48. The van der Waals surface area contributed by atoms with Crippen LogP contribution in [0.5, 0.6) is 0 Å². The van der Waals surface area contributed by atoms with Crippen LogP contribution in [-0.4, -0.2) is 62.3 Å². The van der Waals surface area contributed by atoms with E-state index in [1.807, 2.05) is 0 Å². The van der Waals surface area contributed by atoms with E-state index < -0.39 is 0 Å². The van der Waals surface area contributed by atoms with Gasteiger partial charge in [-0.25, -0.2) is 0 Å². The Hall–Kier alpha value is -0.810. The summed E-state index contributed by atoms with van der Waals surface area (Å²) in [7, 11) is 0. The first kappa shape index (κ1) is 20.2. The number of likely N-dealkylation sites (N-methyl/N-ethyl adjacent to an activating group) is 1. The maximum absolute atomic E-state index is 5.81. The third-order valence-electron chi connectivity index (χ3n) is 4.56. The van der Waals surface area contributed by atoms with Crippen molar-refractivity contribution in [1.29, 1.82) is 0 Å². The lowest BCUT2D eigenvalue weighted by Crippen LogP contribution is -2.40. The molecule has 0 bridgehead atoms. The van der Waals surface area contributed by atoms with Crippen LogP contribution in [-0.2, 0) is 4.74 Å². The highest BCUT2D eigenvalue weighted by Gasteiger charge is 2.22. The van der Waals surface area contributed by atoms with Crippen molar-refractivity contribution >= 4 is 5.96 Å². The van der Waals surface area contributed by atoms with Gasteiger partial charge in [-0.2, -0.15) is 0 Å². The van der Waals surface area contributed by atoms with Gasteiger partial charge in [0.05, 0.1) is 12.6 Å². The first-order valence-corrected chi connectivity index (χ1v) is 9.50. The van der Waals surface area contributed by atoms with E-state index in [0.29, 0.717) is 18.1 Å². The third-order valence-corrected chi connectivity index (χ3v) is 4.56. The fourth-order valence-corrected chi connectivity index (χ4v) is 3.21. The number of hydrogen-bond donors (Lipinski definition) is 2. The molecule has 2 atom stereocenters. The molecule has 1 fully saturated rings. The lowest BCUT2D eigenvalue weighted by molar-refractivity contribution is 0.0258. The quantitative estimate of drug-likeness (QED) is 0.478. The molecule has 0 amide bonds. The van der Waals surface area contributed by atoms with Crippen molar-refractivity contribution in [3.63, 3.8) is 0 Å². The second kappa shape index (κ2) is 11.7. The topological polar surface area (TPSA) is 48.9 Å². The Morgan fingerprint density at radius 2 is 2.04 bits per heavy atom. The number of nitrogens with one attached hydrogen (secondary N) is 2. The Morgan fingerprint density at radius 1 is 1.26 bits per heavy atom. The van der Waals surface area contributed by atoms with Gasteiger partial charge in [0.2, 0.25) is 0 Å². The number of aliphatic imine (C=N–C) groups is 1. The molecule has 0 spiro atoms. The molecule has 0 aromatic heterocycles. The van der Waals surface area contributed by atoms with Gasteiger partial charge in [0.1, 0.15) is 0 Å². The molecule has 0 aromatic carbocycles. The fourth-order valence-electron chi connectivity index (χ4n) is 3.21. The highest BCUT2D eigenvalue weighted by Crippen LogP contribution is 2.16. The van der Waals surface area contributed by atoms with E-state index in [0.717, 1.165) is 45.2 Å². The third kappa shape index (κ3) is 7.53. The molecule has 2 N–H and O–H groups in total. The minimum atomic E-state index is 0.320. The maximum atomic E-state index is 5.81.